The zero-order chi connectivity index (χ0) is 26.6. The van der Waals surface area contributed by atoms with Crippen LogP contribution in [-0.2, 0) is 21.4 Å². The van der Waals surface area contributed by atoms with Crippen LogP contribution in [0.2, 0.25) is 0 Å². The Hall–Kier alpha value is -3.53. The molecule has 3 aromatic carbocycles. The summed E-state index contributed by atoms with van der Waals surface area (Å²) in [6.45, 7) is 1.54. The van der Waals surface area contributed by atoms with Crippen molar-refractivity contribution in [2.75, 3.05) is 43.1 Å². The van der Waals surface area contributed by atoms with Crippen molar-refractivity contribution in [3.63, 3.8) is 0 Å². The molecule has 0 radical (unpaired) electrons. The average molecular weight is 520 g/mol. The van der Waals surface area contributed by atoms with Crippen molar-refractivity contribution in [1.82, 2.24) is 4.90 Å². The van der Waals surface area contributed by atoms with Crippen molar-refractivity contribution in [2.45, 2.75) is 18.9 Å². The number of para-hydroxylation sites is 1. The van der Waals surface area contributed by atoms with Gasteiger partial charge in [0.15, 0.2) is 0 Å². The van der Waals surface area contributed by atoms with Gasteiger partial charge in [-0.1, -0.05) is 48.5 Å². The second-order valence-corrected chi connectivity index (χ2v) is 11.3. The molecule has 0 fully saturated rings. The van der Waals surface area contributed by atoms with Crippen LogP contribution in [0.3, 0.4) is 0 Å². The summed E-state index contributed by atoms with van der Waals surface area (Å²) in [5.41, 5.74) is 10.9. The van der Waals surface area contributed by atoms with Crippen LogP contribution >= 0.6 is 0 Å². The first kappa shape index (κ1) is 26.5. The molecule has 0 saturated carbocycles. The third kappa shape index (κ3) is 6.25. The van der Waals surface area contributed by atoms with Crippen LogP contribution in [-0.4, -0.2) is 58.4 Å². The van der Waals surface area contributed by atoms with Gasteiger partial charge in [-0.25, -0.2) is 8.42 Å². The maximum absolute atomic E-state index is 13.1. The standard InChI is InChI=1S/C28H33N5O3S/c1-32(2)16-7-17-33(37(3,35)36)23-9-6-8-22(18-23)30-27(21-14-12-20(19-29)13-15-21)26-24-10-4-5-11-25(24)31-28(26)34/h4-6,8-15,18,26H,7,16-17,19,29H2,1-3H3,(H,31,34). The number of aliphatic imine (C=N–C) groups is 1. The molecule has 3 N–H and O–H groups in total. The van der Waals surface area contributed by atoms with Crippen molar-refractivity contribution in [2.24, 2.45) is 10.7 Å². The number of nitrogens with two attached hydrogens (primary N) is 1. The fourth-order valence-electron chi connectivity index (χ4n) is 4.46. The van der Waals surface area contributed by atoms with E-state index in [-0.39, 0.29) is 5.91 Å². The van der Waals surface area contributed by atoms with Gasteiger partial charge in [-0.15, -0.1) is 0 Å². The number of nitrogens with zero attached hydrogens (tertiary/aromatic N) is 3. The summed E-state index contributed by atoms with van der Waals surface area (Å²) in [5.74, 6) is -0.755. The maximum Gasteiger partial charge on any atom is 0.238 e. The lowest BCUT2D eigenvalue weighted by Crippen LogP contribution is -2.32. The highest BCUT2D eigenvalue weighted by atomic mass is 32.2. The molecule has 4 rings (SSSR count). The number of fused-ring (bicyclic) bond motifs is 1. The fraction of sp³-hybridized carbons (Fsp3) is 0.286. The van der Waals surface area contributed by atoms with E-state index in [2.05, 4.69) is 5.32 Å². The second kappa shape index (κ2) is 11.2. The van der Waals surface area contributed by atoms with Gasteiger partial charge in [0.25, 0.3) is 0 Å². The molecule has 1 aliphatic rings. The molecule has 0 aromatic heterocycles. The molecule has 37 heavy (non-hydrogen) atoms. The molecule has 1 heterocycles. The Morgan fingerprint density at radius 2 is 1.73 bits per heavy atom. The first-order valence-corrected chi connectivity index (χ1v) is 14.0. The highest BCUT2D eigenvalue weighted by Gasteiger charge is 2.35. The molecule has 0 aliphatic carbocycles. The fourth-order valence-corrected chi connectivity index (χ4v) is 5.42. The zero-order valence-electron chi connectivity index (χ0n) is 21.4. The van der Waals surface area contributed by atoms with Gasteiger partial charge >= 0.3 is 0 Å². The number of hydrogen-bond donors (Lipinski definition) is 2. The van der Waals surface area contributed by atoms with E-state index < -0.39 is 15.9 Å². The van der Waals surface area contributed by atoms with E-state index in [1.807, 2.05) is 73.6 Å². The third-order valence-electron chi connectivity index (χ3n) is 6.28. The van der Waals surface area contributed by atoms with Crippen LogP contribution in [0.25, 0.3) is 0 Å². The first-order valence-electron chi connectivity index (χ1n) is 12.2. The Labute approximate surface area is 218 Å². The molecule has 1 unspecified atom stereocenters. The number of anilines is 2. The van der Waals surface area contributed by atoms with Gasteiger partial charge in [-0.2, -0.15) is 0 Å². The minimum atomic E-state index is -3.50. The van der Waals surface area contributed by atoms with E-state index in [0.717, 1.165) is 28.9 Å². The van der Waals surface area contributed by atoms with Crippen molar-refractivity contribution < 1.29 is 13.2 Å². The predicted molar refractivity (Wildman–Crippen MR) is 150 cm³/mol. The molecule has 0 spiro atoms. The molecule has 3 aromatic rings. The summed E-state index contributed by atoms with van der Waals surface area (Å²) < 4.78 is 26.7. The predicted octanol–water partition coefficient (Wildman–Crippen LogP) is 3.72. The van der Waals surface area contributed by atoms with E-state index in [1.165, 1.54) is 10.6 Å². The van der Waals surface area contributed by atoms with E-state index in [0.29, 0.717) is 36.6 Å². The van der Waals surface area contributed by atoms with E-state index in [9.17, 15) is 13.2 Å². The number of carbonyl (C=O) groups excluding carboxylic acids is 1. The number of hydrogen-bond acceptors (Lipinski definition) is 6. The molecular formula is C28H33N5O3S. The van der Waals surface area contributed by atoms with Crippen molar-refractivity contribution in [3.8, 4) is 0 Å². The van der Waals surface area contributed by atoms with Crippen LogP contribution in [0.4, 0.5) is 17.1 Å². The molecule has 0 bridgehead atoms. The average Bonchev–Trinajstić information content (AvgIpc) is 3.20. The SMILES string of the molecule is CN(C)CCCN(c1cccc(N=C(c2ccc(CN)cc2)C2C(=O)Nc3ccccc32)c1)S(C)(=O)=O. The summed E-state index contributed by atoms with van der Waals surface area (Å²) in [6.07, 6.45) is 1.90. The van der Waals surface area contributed by atoms with Crippen molar-refractivity contribution in [3.05, 3.63) is 89.5 Å². The highest BCUT2D eigenvalue weighted by Crippen LogP contribution is 2.36. The Bertz CT molecular complexity index is 1400. The number of amides is 1. The number of carbonyl (C=O) groups is 1. The van der Waals surface area contributed by atoms with Gasteiger partial charge in [0.1, 0.15) is 5.92 Å². The van der Waals surface area contributed by atoms with Gasteiger partial charge in [0.2, 0.25) is 15.9 Å². The summed E-state index contributed by atoms with van der Waals surface area (Å²) in [4.78, 5) is 20.1. The van der Waals surface area contributed by atoms with Crippen molar-refractivity contribution >= 4 is 38.7 Å². The lowest BCUT2D eigenvalue weighted by molar-refractivity contribution is -0.115. The van der Waals surface area contributed by atoms with Gasteiger partial charge in [-0.3, -0.25) is 14.1 Å². The summed E-state index contributed by atoms with van der Waals surface area (Å²) in [7, 11) is 0.420. The molecular weight excluding hydrogens is 486 g/mol. The number of rotatable bonds is 10. The molecule has 1 atom stereocenters. The molecule has 1 aliphatic heterocycles. The lowest BCUT2D eigenvalue weighted by atomic mass is 9.90. The second-order valence-electron chi connectivity index (χ2n) is 9.42. The smallest absolute Gasteiger partial charge is 0.238 e. The topological polar surface area (TPSA) is 108 Å². The molecule has 194 valence electrons. The number of sulfonamides is 1. The van der Waals surface area contributed by atoms with Gasteiger partial charge < -0.3 is 16.0 Å². The zero-order valence-corrected chi connectivity index (χ0v) is 22.2. The largest absolute Gasteiger partial charge is 0.326 e. The maximum atomic E-state index is 13.1. The monoisotopic (exact) mass is 519 g/mol. The van der Waals surface area contributed by atoms with Crippen LogP contribution in [0, 0.1) is 0 Å². The molecule has 1 amide bonds. The van der Waals surface area contributed by atoms with E-state index in [4.69, 9.17) is 10.7 Å². The van der Waals surface area contributed by atoms with Crippen LogP contribution in [0.15, 0.2) is 77.8 Å². The normalized spacial score (nSPS) is 15.5. The summed E-state index contributed by atoms with van der Waals surface area (Å²) in [6, 6.07) is 22.4. The van der Waals surface area contributed by atoms with Crippen LogP contribution in [0.1, 0.15) is 29.0 Å². The molecule has 8 nitrogen and oxygen atoms in total. The van der Waals surface area contributed by atoms with Crippen LogP contribution in [0.5, 0.6) is 0 Å². The quantitative estimate of drug-likeness (QED) is 0.397. The minimum Gasteiger partial charge on any atom is -0.326 e. The Morgan fingerprint density at radius 3 is 2.41 bits per heavy atom. The number of nitrogens with one attached hydrogen (secondary N) is 1. The van der Waals surface area contributed by atoms with Crippen molar-refractivity contribution in [1.29, 1.82) is 0 Å². The van der Waals surface area contributed by atoms with Gasteiger partial charge in [-0.05, 0) is 68.0 Å². The van der Waals surface area contributed by atoms with Gasteiger partial charge in [0.05, 0.1) is 23.3 Å². The Morgan fingerprint density at radius 1 is 1.00 bits per heavy atom. The third-order valence-corrected chi connectivity index (χ3v) is 7.48. The minimum absolute atomic E-state index is 0.152. The molecule has 9 heteroatoms. The van der Waals surface area contributed by atoms with E-state index >= 15 is 0 Å². The highest BCUT2D eigenvalue weighted by molar-refractivity contribution is 7.92. The first-order chi connectivity index (χ1) is 17.7. The Balaban J connectivity index is 1.78. The van der Waals surface area contributed by atoms with Gasteiger partial charge in [0, 0.05) is 18.8 Å². The molecule has 0 saturated heterocycles. The summed E-state index contributed by atoms with van der Waals surface area (Å²) in [5, 5.41) is 2.96. The summed E-state index contributed by atoms with van der Waals surface area (Å²) >= 11 is 0. The van der Waals surface area contributed by atoms with Crippen LogP contribution < -0.4 is 15.4 Å². The van der Waals surface area contributed by atoms with E-state index in [1.54, 1.807) is 18.2 Å². The Kier molecular flexibility index (Phi) is 8.06. The number of benzene rings is 3. The lowest BCUT2D eigenvalue weighted by Gasteiger charge is -2.23.